The van der Waals surface area contributed by atoms with Gasteiger partial charge in [0.05, 0.1) is 29.7 Å². The van der Waals surface area contributed by atoms with Crippen LogP contribution >= 0.6 is 0 Å². The summed E-state index contributed by atoms with van der Waals surface area (Å²) in [5.41, 5.74) is 0.476. The fraction of sp³-hybridized carbons (Fsp3) is 0.188. The molecule has 0 aliphatic rings. The summed E-state index contributed by atoms with van der Waals surface area (Å²) in [4.78, 5) is 10.3. The lowest BCUT2D eigenvalue weighted by atomic mass is 10.2. The Bertz CT molecular complexity index is 722. The third kappa shape index (κ3) is 4.35. The normalized spacial score (nSPS) is 9.74. The van der Waals surface area contributed by atoms with E-state index in [1.54, 1.807) is 24.3 Å². The molecule has 0 N–H and O–H groups in total. The molecule has 0 unspecified atom stereocenters. The number of nitro groups is 1. The van der Waals surface area contributed by atoms with Gasteiger partial charge in [0.15, 0.2) is 11.5 Å². The van der Waals surface area contributed by atoms with Crippen molar-refractivity contribution in [3.8, 4) is 23.3 Å². The van der Waals surface area contributed by atoms with E-state index in [1.807, 2.05) is 6.07 Å². The zero-order valence-electron chi connectivity index (χ0n) is 12.4. The average Bonchev–Trinajstić information content (AvgIpc) is 2.59. The van der Waals surface area contributed by atoms with Gasteiger partial charge in [-0.25, -0.2) is 0 Å². The van der Waals surface area contributed by atoms with E-state index in [9.17, 15) is 10.1 Å². The second-order valence-electron chi connectivity index (χ2n) is 4.43. The number of hydrogen-bond donors (Lipinski definition) is 0. The smallest absolute Gasteiger partial charge is 0.273 e. The fourth-order valence-electron chi connectivity index (χ4n) is 1.83. The molecule has 0 aromatic heterocycles. The number of ether oxygens (including phenoxy) is 3. The van der Waals surface area contributed by atoms with Gasteiger partial charge in [-0.1, -0.05) is 0 Å². The molecule has 0 heterocycles. The van der Waals surface area contributed by atoms with Crippen LogP contribution in [0.2, 0.25) is 0 Å². The lowest BCUT2D eigenvalue weighted by molar-refractivity contribution is -0.385. The van der Waals surface area contributed by atoms with E-state index in [2.05, 4.69) is 0 Å². The van der Waals surface area contributed by atoms with Crippen LogP contribution in [0, 0.1) is 21.4 Å². The minimum atomic E-state index is -0.500. The Balaban J connectivity index is 1.91. The van der Waals surface area contributed by atoms with Gasteiger partial charge in [0.1, 0.15) is 19.0 Å². The van der Waals surface area contributed by atoms with Gasteiger partial charge in [-0.3, -0.25) is 10.1 Å². The Morgan fingerprint density at radius 2 is 1.78 bits per heavy atom. The highest BCUT2D eigenvalue weighted by atomic mass is 16.6. The van der Waals surface area contributed by atoms with Gasteiger partial charge in [0.2, 0.25) is 0 Å². The molecule has 0 bridgehead atoms. The van der Waals surface area contributed by atoms with E-state index in [0.29, 0.717) is 17.1 Å². The van der Waals surface area contributed by atoms with E-state index < -0.39 is 4.92 Å². The van der Waals surface area contributed by atoms with E-state index in [0.717, 1.165) is 0 Å². The molecule has 0 radical (unpaired) electrons. The number of nitrogens with zero attached hydrogens (tertiary/aromatic N) is 2. The quantitative estimate of drug-likeness (QED) is 0.443. The van der Waals surface area contributed by atoms with Gasteiger partial charge in [-0.05, 0) is 30.3 Å². The summed E-state index contributed by atoms with van der Waals surface area (Å²) in [7, 11) is 1.46. The Morgan fingerprint density at radius 1 is 1.09 bits per heavy atom. The number of nitro benzene ring substituents is 1. The Labute approximate surface area is 132 Å². The number of hydrogen-bond acceptors (Lipinski definition) is 6. The van der Waals surface area contributed by atoms with Crippen LogP contribution in [0.15, 0.2) is 42.5 Å². The first-order valence-electron chi connectivity index (χ1n) is 6.72. The van der Waals surface area contributed by atoms with Crippen molar-refractivity contribution in [2.24, 2.45) is 0 Å². The largest absolute Gasteiger partial charge is 0.493 e. The Morgan fingerprint density at radius 3 is 2.39 bits per heavy atom. The monoisotopic (exact) mass is 314 g/mol. The molecule has 0 aliphatic heterocycles. The molecule has 0 atom stereocenters. The number of benzene rings is 2. The number of nitriles is 1. The van der Waals surface area contributed by atoms with Crippen LogP contribution in [-0.4, -0.2) is 25.2 Å². The van der Waals surface area contributed by atoms with Gasteiger partial charge in [-0.2, -0.15) is 5.26 Å². The predicted octanol–water partition coefficient (Wildman–Crippen LogP) is 2.93. The van der Waals surface area contributed by atoms with Crippen molar-refractivity contribution in [1.82, 2.24) is 0 Å². The van der Waals surface area contributed by atoms with Crippen LogP contribution in [0.5, 0.6) is 17.2 Å². The molecule has 2 rings (SSSR count). The molecule has 118 valence electrons. The summed E-state index contributed by atoms with van der Waals surface area (Å²) in [5.74, 6) is 1.30. The zero-order valence-corrected chi connectivity index (χ0v) is 12.4. The van der Waals surface area contributed by atoms with Gasteiger partial charge < -0.3 is 14.2 Å². The van der Waals surface area contributed by atoms with Gasteiger partial charge in [-0.15, -0.1) is 0 Å². The van der Waals surface area contributed by atoms with Crippen molar-refractivity contribution in [2.75, 3.05) is 20.3 Å². The van der Waals surface area contributed by atoms with Crippen LogP contribution < -0.4 is 14.2 Å². The predicted molar refractivity (Wildman–Crippen MR) is 81.8 cm³/mol. The van der Waals surface area contributed by atoms with E-state index in [4.69, 9.17) is 19.5 Å². The Kier molecular flexibility index (Phi) is 5.36. The molecule has 7 heteroatoms. The maximum Gasteiger partial charge on any atom is 0.273 e. The van der Waals surface area contributed by atoms with Gasteiger partial charge in [0, 0.05) is 6.07 Å². The summed E-state index contributed by atoms with van der Waals surface area (Å²) in [5, 5.41) is 19.5. The molecule has 7 nitrogen and oxygen atoms in total. The fourth-order valence-corrected chi connectivity index (χ4v) is 1.83. The first-order valence-corrected chi connectivity index (χ1v) is 6.72. The van der Waals surface area contributed by atoms with E-state index >= 15 is 0 Å². The molecule has 0 saturated heterocycles. The minimum absolute atomic E-state index is 0.0752. The summed E-state index contributed by atoms with van der Waals surface area (Å²) < 4.78 is 16.0. The molecular weight excluding hydrogens is 300 g/mol. The number of non-ortho nitro benzene ring substituents is 1. The maximum absolute atomic E-state index is 10.8. The van der Waals surface area contributed by atoms with Crippen LogP contribution in [0.4, 0.5) is 5.69 Å². The maximum atomic E-state index is 10.8. The minimum Gasteiger partial charge on any atom is -0.493 e. The summed E-state index contributed by atoms with van der Waals surface area (Å²) in [6.07, 6.45) is 0. The van der Waals surface area contributed by atoms with Crippen molar-refractivity contribution in [3.63, 3.8) is 0 Å². The van der Waals surface area contributed by atoms with Crippen molar-refractivity contribution in [3.05, 3.63) is 58.1 Å². The number of rotatable bonds is 7. The zero-order chi connectivity index (χ0) is 16.7. The molecular formula is C16H14N2O5. The van der Waals surface area contributed by atoms with E-state index in [-0.39, 0.29) is 24.7 Å². The van der Waals surface area contributed by atoms with Gasteiger partial charge >= 0.3 is 0 Å². The highest BCUT2D eigenvalue weighted by Crippen LogP contribution is 2.31. The highest BCUT2D eigenvalue weighted by Gasteiger charge is 2.12. The number of methoxy groups -OCH3 is 1. The summed E-state index contributed by atoms with van der Waals surface area (Å²) in [6, 6.07) is 12.8. The van der Waals surface area contributed by atoms with E-state index in [1.165, 1.54) is 25.3 Å². The van der Waals surface area contributed by atoms with Crippen LogP contribution in [0.25, 0.3) is 0 Å². The van der Waals surface area contributed by atoms with Crippen LogP contribution in [0.1, 0.15) is 5.56 Å². The van der Waals surface area contributed by atoms with Gasteiger partial charge in [0.25, 0.3) is 5.69 Å². The highest BCUT2D eigenvalue weighted by molar-refractivity contribution is 5.48. The lowest BCUT2D eigenvalue weighted by Crippen LogP contribution is -2.09. The summed E-state index contributed by atoms with van der Waals surface area (Å²) in [6.45, 7) is 0.440. The molecule has 23 heavy (non-hydrogen) atoms. The SMILES string of the molecule is COc1ccc([N+](=O)[O-])cc1OCCOc1ccc(C#N)cc1. The molecule has 0 aliphatic carbocycles. The van der Waals surface area contributed by atoms with Crippen molar-refractivity contribution < 1.29 is 19.1 Å². The Hall–Kier alpha value is -3.27. The second kappa shape index (κ2) is 7.66. The standard InChI is InChI=1S/C16H14N2O5/c1-21-15-7-4-13(18(19)20)10-16(15)23-9-8-22-14-5-2-12(11-17)3-6-14/h2-7,10H,8-9H2,1H3. The second-order valence-corrected chi connectivity index (χ2v) is 4.43. The van der Waals surface area contributed by atoms with Crippen molar-refractivity contribution >= 4 is 5.69 Å². The van der Waals surface area contributed by atoms with Crippen LogP contribution in [-0.2, 0) is 0 Å². The van der Waals surface area contributed by atoms with Crippen molar-refractivity contribution in [1.29, 1.82) is 5.26 Å². The lowest BCUT2D eigenvalue weighted by Gasteiger charge is -2.11. The topological polar surface area (TPSA) is 94.6 Å². The van der Waals surface area contributed by atoms with Crippen LogP contribution in [0.3, 0.4) is 0 Å². The molecule has 2 aromatic carbocycles. The summed E-state index contributed by atoms with van der Waals surface area (Å²) >= 11 is 0. The third-order valence-electron chi connectivity index (χ3n) is 2.95. The first-order chi connectivity index (χ1) is 11.1. The molecule has 0 fully saturated rings. The third-order valence-corrected chi connectivity index (χ3v) is 2.95. The first kappa shape index (κ1) is 16.1. The van der Waals surface area contributed by atoms with Crippen molar-refractivity contribution in [2.45, 2.75) is 0 Å². The average molecular weight is 314 g/mol. The molecule has 0 amide bonds. The molecule has 2 aromatic rings. The molecule has 0 saturated carbocycles. The molecule has 0 spiro atoms.